The summed E-state index contributed by atoms with van der Waals surface area (Å²) in [4.78, 5) is 6.38. The smallest absolute Gasteiger partial charge is 0.146 e. The highest BCUT2D eigenvalue weighted by molar-refractivity contribution is 5.82. The Hall–Kier alpha value is -2.46. The van der Waals surface area contributed by atoms with E-state index in [2.05, 4.69) is 4.98 Å². The fraction of sp³-hybridized carbons (Fsp3) is 0.118. The molecule has 0 aliphatic carbocycles. The van der Waals surface area contributed by atoms with Crippen molar-refractivity contribution in [1.82, 2.24) is 4.98 Å². The average molecular weight is 281 g/mol. The molecule has 4 heteroatoms. The minimum Gasteiger partial charge on any atom is -0.327 e. The van der Waals surface area contributed by atoms with Crippen molar-refractivity contribution in [2.75, 3.05) is 11.9 Å². The Kier molecular flexibility index (Phi) is 3.54. The number of halogens is 1. The summed E-state index contributed by atoms with van der Waals surface area (Å²) < 4.78 is 14.0. The molecular formula is C17H16FN3. The van der Waals surface area contributed by atoms with Gasteiger partial charge in [-0.1, -0.05) is 30.3 Å². The zero-order valence-corrected chi connectivity index (χ0v) is 11.8. The number of fused-ring (bicyclic) bond motifs is 1. The molecule has 2 aromatic carbocycles. The van der Waals surface area contributed by atoms with Crippen molar-refractivity contribution in [3.8, 4) is 0 Å². The Balaban J connectivity index is 2.16. The molecule has 0 amide bonds. The SMILES string of the molecule is CN(c1ccccc1F)c1nc2ccccc2cc1CN. The Labute approximate surface area is 122 Å². The van der Waals surface area contributed by atoms with Crippen molar-refractivity contribution in [1.29, 1.82) is 0 Å². The van der Waals surface area contributed by atoms with Gasteiger partial charge in [-0.3, -0.25) is 0 Å². The third-order valence-corrected chi connectivity index (χ3v) is 3.53. The van der Waals surface area contributed by atoms with Gasteiger partial charge >= 0.3 is 0 Å². The second-order valence-electron chi connectivity index (χ2n) is 4.88. The molecule has 0 saturated carbocycles. The third-order valence-electron chi connectivity index (χ3n) is 3.53. The summed E-state index contributed by atoms with van der Waals surface area (Å²) in [6.07, 6.45) is 0. The second kappa shape index (κ2) is 5.50. The lowest BCUT2D eigenvalue weighted by molar-refractivity contribution is 0.627. The van der Waals surface area contributed by atoms with Crippen LogP contribution >= 0.6 is 0 Å². The van der Waals surface area contributed by atoms with Gasteiger partial charge in [-0.2, -0.15) is 0 Å². The predicted octanol–water partition coefficient (Wildman–Crippen LogP) is 3.60. The van der Waals surface area contributed by atoms with Crippen LogP contribution in [0.2, 0.25) is 0 Å². The van der Waals surface area contributed by atoms with E-state index in [1.165, 1.54) is 6.07 Å². The normalized spacial score (nSPS) is 10.8. The van der Waals surface area contributed by atoms with Crippen molar-refractivity contribution in [3.63, 3.8) is 0 Å². The summed E-state index contributed by atoms with van der Waals surface area (Å²) in [5, 5.41) is 1.03. The number of benzene rings is 2. The van der Waals surface area contributed by atoms with Crippen LogP contribution < -0.4 is 10.6 Å². The van der Waals surface area contributed by atoms with Crippen LogP contribution in [0.25, 0.3) is 10.9 Å². The van der Waals surface area contributed by atoms with E-state index in [-0.39, 0.29) is 5.82 Å². The van der Waals surface area contributed by atoms with Gasteiger partial charge in [0.15, 0.2) is 0 Å². The molecule has 2 N–H and O–H groups in total. The van der Waals surface area contributed by atoms with Gasteiger partial charge in [-0.15, -0.1) is 0 Å². The van der Waals surface area contributed by atoms with Crippen LogP contribution in [0.15, 0.2) is 54.6 Å². The van der Waals surface area contributed by atoms with Crippen LogP contribution in [0.4, 0.5) is 15.9 Å². The maximum absolute atomic E-state index is 14.0. The van der Waals surface area contributed by atoms with Crippen molar-refractivity contribution in [2.24, 2.45) is 5.73 Å². The number of aromatic nitrogens is 1. The van der Waals surface area contributed by atoms with E-state index in [4.69, 9.17) is 5.73 Å². The van der Waals surface area contributed by atoms with Gasteiger partial charge in [0.05, 0.1) is 11.2 Å². The summed E-state index contributed by atoms with van der Waals surface area (Å²) >= 11 is 0. The molecule has 0 bridgehead atoms. The van der Waals surface area contributed by atoms with Crippen molar-refractivity contribution in [3.05, 3.63) is 66.0 Å². The quantitative estimate of drug-likeness (QED) is 0.797. The van der Waals surface area contributed by atoms with Crippen LogP contribution in [-0.2, 0) is 6.54 Å². The van der Waals surface area contributed by atoms with Gasteiger partial charge < -0.3 is 10.6 Å². The van der Waals surface area contributed by atoms with Gasteiger partial charge in [0.2, 0.25) is 0 Å². The Bertz CT molecular complexity index is 786. The lowest BCUT2D eigenvalue weighted by atomic mass is 10.1. The van der Waals surface area contributed by atoms with Crippen LogP contribution in [0, 0.1) is 5.82 Å². The van der Waals surface area contributed by atoms with Crippen molar-refractivity contribution in [2.45, 2.75) is 6.54 Å². The monoisotopic (exact) mass is 281 g/mol. The van der Waals surface area contributed by atoms with Crippen molar-refractivity contribution >= 4 is 22.4 Å². The van der Waals surface area contributed by atoms with Crippen molar-refractivity contribution < 1.29 is 4.39 Å². The highest BCUT2D eigenvalue weighted by atomic mass is 19.1. The molecule has 1 aromatic heterocycles. The topological polar surface area (TPSA) is 42.2 Å². The minimum atomic E-state index is -0.280. The first-order chi connectivity index (χ1) is 10.2. The number of nitrogens with two attached hydrogens (primary N) is 1. The molecule has 3 aromatic rings. The van der Waals surface area contributed by atoms with E-state index >= 15 is 0 Å². The van der Waals surface area contributed by atoms with E-state index in [0.717, 1.165) is 16.5 Å². The number of hydrogen-bond acceptors (Lipinski definition) is 3. The average Bonchev–Trinajstić information content (AvgIpc) is 2.53. The summed E-state index contributed by atoms with van der Waals surface area (Å²) in [7, 11) is 1.80. The van der Waals surface area contributed by atoms with E-state index in [1.54, 1.807) is 30.1 Å². The first-order valence-electron chi connectivity index (χ1n) is 6.77. The zero-order valence-electron chi connectivity index (χ0n) is 11.8. The zero-order chi connectivity index (χ0) is 14.8. The lowest BCUT2D eigenvalue weighted by Gasteiger charge is -2.22. The van der Waals surface area contributed by atoms with E-state index in [1.807, 2.05) is 30.3 Å². The molecule has 0 radical (unpaired) electrons. The molecule has 0 unspecified atom stereocenters. The summed E-state index contributed by atoms with van der Waals surface area (Å²) in [5.41, 5.74) is 8.07. The fourth-order valence-corrected chi connectivity index (χ4v) is 2.43. The van der Waals surface area contributed by atoms with Gasteiger partial charge in [-0.05, 0) is 24.3 Å². The van der Waals surface area contributed by atoms with Crippen LogP contribution in [0.1, 0.15) is 5.56 Å². The number of rotatable bonds is 3. The van der Waals surface area contributed by atoms with E-state index < -0.39 is 0 Å². The molecule has 3 nitrogen and oxygen atoms in total. The number of para-hydroxylation sites is 2. The summed E-state index contributed by atoms with van der Waals surface area (Å²) in [6.45, 7) is 0.353. The molecule has 0 spiro atoms. The summed E-state index contributed by atoms with van der Waals surface area (Å²) in [6, 6.07) is 16.5. The molecule has 0 aliphatic heterocycles. The molecule has 3 rings (SSSR count). The van der Waals surface area contributed by atoms with Gasteiger partial charge in [-0.25, -0.2) is 9.37 Å². The van der Waals surface area contributed by atoms with E-state index in [9.17, 15) is 4.39 Å². The number of nitrogens with zero attached hydrogens (tertiary/aromatic N) is 2. The highest BCUT2D eigenvalue weighted by Crippen LogP contribution is 2.29. The summed E-state index contributed by atoms with van der Waals surface area (Å²) in [5.74, 6) is 0.402. The fourth-order valence-electron chi connectivity index (χ4n) is 2.43. The number of hydrogen-bond donors (Lipinski definition) is 1. The predicted molar refractivity (Wildman–Crippen MR) is 84.1 cm³/mol. The highest BCUT2D eigenvalue weighted by Gasteiger charge is 2.14. The maximum atomic E-state index is 14.0. The first kappa shape index (κ1) is 13.5. The standard InChI is InChI=1S/C17H16FN3/c1-21(16-9-5-3-7-14(16)18)17-13(11-19)10-12-6-2-4-8-15(12)20-17/h2-10H,11,19H2,1H3. The Morgan fingerprint density at radius 1 is 1.10 bits per heavy atom. The molecule has 0 aliphatic rings. The minimum absolute atomic E-state index is 0.280. The molecule has 106 valence electrons. The third kappa shape index (κ3) is 2.45. The molecule has 21 heavy (non-hydrogen) atoms. The van der Waals surface area contributed by atoms with Crippen LogP contribution in [0.3, 0.4) is 0 Å². The molecular weight excluding hydrogens is 265 g/mol. The molecule has 0 atom stereocenters. The van der Waals surface area contributed by atoms with Gasteiger partial charge in [0, 0.05) is 24.5 Å². The van der Waals surface area contributed by atoms with Gasteiger partial charge in [0.1, 0.15) is 11.6 Å². The first-order valence-corrected chi connectivity index (χ1v) is 6.77. The van der Waals surface area contributed by atoms with Crippen LogP contribution in [0.5, 0.6) is 0 Å². The molecule has 0 fully saturated rings. The number of anilines is 2. The van der Waals surface area contributed by atoms with Crippen LogP contribution in [-0.4, -0.2) is 12.0 Å². The lowest BCUT2D eigenvalue weighted by Crippen LogP contribution is -2.16. The largest absolute Gasteiger partial charge is 0.327 e. The molecule has 0 saturated heterocycles. The van der Waals surface area contributed by atoms with E-state index in [0.29, 0.717) is 18.1 Å². The molecule has 1 heterocycles. The Morgan fingerprint density at radius 2 is 1.81 bits per heavy atom. The second-order valence-corrected chi connectivity index (χ2v) is 4.88. The maximum Gasteiger partial charge on any atom is 0.146 e. The Morgan fingerprint density at radius 3 is 2.57 bits per heavy atom. The number of pyridine rings is 1. The van der Waals surface area contributed by atoms with Gasteiger partial charge in [0.25, 0.3) is 0 Å².